The average Bonchev–Trinajstić information content (AvgIpc) is 3.38. The van der Waals surface area contributed by atoms with Gasteiger partial charge in [0.2, 0.25) is 17.7 Å². The van der Waals surface area contributed by atoms with Crippen molar-refractivity contribution in [2.24, 2.45) is 23.2 Å². The molecule has 2 aromatic rings. The maximum atomic E-state index is 13.8. The maximum absolute atomic E-state index is 13.8. The van der Waals surface area contributed by atoms with E-state index in [1.807, 2.05) is 17.0 Å². The van der Waals surface area contributed by atoms with E-state index in [0.717, 1.165) is 35.9 Å². The summed E-state index contributed by atoms with van der Waals surface area (Å²) >= 11 is 1.38. The molecular formula is C25H30N4O3S. The van der Waals surface area contributed by atoms with Gasteiger partial charge in [-0.25, -0.2) is 4.98 Å². The van der Waals surface area contributed by atoms with Crippen molar-refractivity contribution >= 4 is 50.1 Å². The van der Waals surface area contributed by atoms with Gasteiger partial charge in [-0.3, -0.25) is 14.4 Å². The van der Waals surface area contributed by atoms with Crippen molar-refractivity contribution in [1.82, 2.24) is 9.88 Å². The van der Waals surface area contributed by atoms with Gasteiger partial charge >= 0.3 is 0 Å². The summed E-state index contributed by atoms with van der Waals surface area (Å²) in [4.78, 5) is 44.8. The molecule has 1 saturated heterocycles. The smallest absolute Gasteiger partial charge is 0.248 e. The third-order valence-corrected chi connectivity index (χ3v) is 9.18. The molecule has 1 atom stereocenters. The quantitative estimate of drug-likeness (QED) is 0.699. The van der Waals surface area contributed by atoms with Crippen LogP contribution in [0.15, 0.2) is 18.2 Å². The molecule has 0 spiro atoms. The lowest BCUT2D eigenvalue weighted by molar-refractivity contribution is -0.160. The Hall–Kier alpha value is -2.48. The Morgan fingerprint density at radius 3 is 2.42 bits per heavy atom. The van der Waals surface area contributed by atoms with E-state index in [1.54, 1.807) is 6.07 Å². The van der Waals surface area contributed by atoms with Gasteiger partial charge in [-0.15, -0.1) is 0 Å². The van der Waals surface area contributed by atoms with Crippen molar-refractivity contribution in [3.05, 3.63) is 18.2 Å². The minimum absolute atomic E-state index is 0.127. The Morgan fingerprint density at radius 2 is 1.76 bits per heavy atom. The van der Waals surface area contributed by atoms with Crippen molar-refractivity contribution in [2.45, 2.75) is 64.3 Å². The number of carbonyl (C=O) groups excluding carboxylic acids is 3. The van der Waals surface area contributed by atoms with Crippen LogP contribution >= 0.6 is 11.3 Å². The minimum atomic E-state index is -0.410. The number of hydrogen-bond donors (Lipinski definition) is 2. The molecule has 4 saturated carbocycles. The third kappa shape index (κ3) is 3.72. The van der Waals surface area contributed by atoms with Crippen molar-refractivity contribution in [3.8, 4) is 0 Å². The number of carbonyl (C=O) groups is 3. The Labute approximate surface area is 197 Å². The number of fused-ring (bicyclic) bond motifs is 1. The molecule has 1 unspecified atom stereocenters. The number of nitrogens with one attached hydrogen (secondary N) is 2. The first-order chi connectivity index (χ1) is 15.9. The van der Waals surface area contributed by atoms with Gasteiger partial charge in [0, 0.05) is 19.2 Å². The van der Waals surface area contributed by atoms with Gasteiger partial charge in [-0.05, 0) is 87.3 Å². The summed E-state index contributed by atoms with van der Waals surface area (Å²) in [6, 6.07) is 5.10. The van der Waals surface area contributed by atoms with Crippen molar-refractivity contribution < 1.29 is 14.4 Å². The molecule has 0 radical (unpaired) electrons. The summed E-state index contributed by atoms with van der Waals surface area (Å²) < 4.78 is 0.893. The SMILES string of the molecule is CC(=O)Nc1ccc2nc(NC(=O)C3CCCN3C(=O)C34CC5CC(CC(C5)C3)C4)sc2c1. The molecular weight excluding hydrogens is 436 g/mol. The highest BCUT2D eigenvalue weighted by molar-refractivity contribution is 7.22. The summed E-state index contributed by atoms with van der Waals surface area (Å²) in [6.45, 7) is 2.15. The molecule has 33 heavy (non-hydrogen) atoms. The van der Waals surface area contributed by atoms with Gasteiger partial charge in [-0.1, -0.05) is 11.3 Å². The van der Waals surface area contributed by atoms with Crippen LogP contribution in [0.1, 0.15) is 58.3 Å². The molecule has 5 fully saturated rings. The van der Waals surface area contributed by atoms with Crippen LogP contribution in [0.25, 0.3) is 10.2 Å². The molecule has 1 aromatic heterocycles. The van der Waals surface area contributed by atoms with Crippen LogP contribution in [0.4, 0.5) is 10.8 Å². The predicted octanol–water partition coefficient (Wildman–Crippen LogP) is 4.40. The summed E-state index contributed by atoms with van der Waals surface area (Å²) in [6.07, 6.45) is 8.57. The molecule has 2 heterocycles. The maximum Gasteiger partial charge on any atom is 0.248 e. The Kier molecular flexibility index (Phi) is 4.98. The zero-order valence-electron chi connectivity index (χ0n) is 18.9. The molecule has 1 aliphatic heterocycles. The summed E-state index contributed by atoms with van der Waals surface area (Å²) in [7, 11) is 0. The standard InChI is InChI=1S/C25H30N4O3S/c1-14(30)26-18-4-5-19-21(10-18)33-24(27-19)28-22(31)20-3-2-6-29(20)23(32)25-11-15-7-16(12-25)9-17(8-15)13-25/h4-5,10,15-17,20H,2-3,6-9,11-13H2,1H3,(H,26,30)(H,27,28,31). The fraction of sp³-hybridized carbons (Fsp3) is 0.600. The number of thiazole rings is 1. The number of hydrogen-bond acceptors (Lipinski definition) is 5. The molecule has 1 aromatic carbocycles. The highest BCUT2D eigenvalue weighted by atomic mass is 32.1. The van der Waals surface area contributed by atoms with E-state index in [4.69, 9.17) is 0 Å². The Bertz CT molecular complexity index is 1110. The topological polar surface area (TPSA) is 91.4 Å². The van der Waals surface area contributed by atoms with Crippen LogP contribution in [0.5, 0.6) is 0 Å². The highest BCUT2D eigenvalue weighted by Crippen LogP contribution is 2.60. The van der Waals surface area contributed by atoms with E-state index in [1.165, 1.54) is 37.5 Å². The lowest BCUT2D eigenvalue weighted by Gasteiger charge is -2.56. The van der Waals surface area contributed by atoms with Gasteiger partial charge < -0.3 is 15.5 Å². The van der Waals surface area contributed by atoms with Crippen LogP contribution in [-0.2, 0) is 14.4 Å². The summed E-state index contributed by atoms with van der Waals surface area (Å²) in [5.74, 6) is 2.10. The second-order valence-electron chi connectivity index (χ2n) is 10.7. The molecule has 7 nitrogen and oxygen atoms in total. The Balaban J connectivity index is 1.18. The van der Waals surface area contributed by atoms with E-state index in [-0.39, 0.29) is 23.1 Å². The normalized spacial score (nSPS) is 32.3. The second-order valence-corrected chi connectivity index (χ2v) is 11.8. The molecule has 4 bridgehead atoms. The van der Waals surface area contributed by atoms with E-state index in [9.17, 15) is 14.4 Å². The molecule has 7 rings (SSSR count). The van der Waals surface area contributed by atoms with Gasteiger partial charge in [0.1, 0.15) is 6.04 Å². The van der Waals surface area contributed by atoms with Crippen LogP contribution in [0.3, 0.4) is 0 Å². The number of benzene rings is 1. The first-order valence-electron chi connectivity index (χ1n) is 12.2. The monoisotopic (exact) mass is 466 g/mol. The summed E-state index contributed by atoms with van der Waals surface area (Å²) in [5.41, 5.74) is 1.27. The molecule has 5 aliphatic rings. The lowest BCUT2D eigenvalue weighted by Crippen LogP contribution is -2.56. The Morgan fingerprint density at radius 1 is 1.06 bits per heavy atom. The minimum Gasteiger partial charge on any atom is -0.330 e. The number of likely N-dealkylation sites (tertiary alicyclic amines) is 1. The van der Waals surface area contributed by atoms with Crippen LogP contribution in [0.2, 0.25) is 0 Å². The highest BCUT2D eigenvalue weighted by Gasteiger charge is 2.56. The van der Waals surface area contributed by atoms with E-state index in [0.29, 0.717) is 41.5 Å². The van der Waals surface area contributed by atoms with E-state index < -0.39 is 6.04 Å². The fourth-order valence-corrected chi connectivity index (χ4v) is 8.32. The van der Waals surface area contributed by atoms with Gasteiger partial charge in [-0.2, -0.15) is 0 Å². The zero-order valence-corrected chi connectivity index (χ0v) is 19.7. The molecule has 4 aliphatic carbocycles. The number of amides is 3. The van der Waals surface area contributed by atoms with Crippen LogP contribution < -0.4 is 10.6 Å². The van der Waals surface area contributed by atoms with E-state index in [2.05, 4.69) is 15.6 Å². The molecule has 3 amide bonds. The number of anilines is 2. The fourth-order valence-electron chi connectivity index (χ4n) is 7.41. The molecule has 174 valence electrons. The van der Waals surface area contributed by atoms with Crippen LogP contribution in [-0.4, -0.2) is 40.2 Å². The van der Waals surface area contributed by atoms with Crippen molar-refractivity contribution in [1.29, 1.82) is 0 Å². The second kappa shape index (κ2) is 7.79. The van der Waals surface area contributed by atoms with Gasteiger partial charge in [0.15, 0.2) is 5.13 Å². The third-order valence-electron chi connectivity index (χ3n) is 8.25. The predicted molar refractivity (Wildman–Crippen MR) is 128 cm³/mol. The molecule has 8 heteroatoms. The first kappa shape index (κ1) is 21.1. The van der Waals surface area contributed by atoms with Crippen molar-refractivity contribution in [3.63, 3.8) is 0 Å². The largest absolute Gasteiger partial charge is 0.330 e. The van der Waals surface area contributed by atoms with Crippen LogP contribution in [0, 0.1) is 23.2 Å². The summed E-state index contributed by atoms with van der Waals surface area (Å²) in [5, 5.41) is 6.28. The van der Waals surface area contributed by atoms with Gasteiger partial charge in [0.05, 0.1) is 15.6 Å². The first-order valence-corrected chi connectivity index (χ1v) is 13.0. The lowest BCUT2D eigenvalue weighted by atomic mass is 9.49. The number of aromatic nitrogens is 1. The van der Waals surface area contributed by atoms with Crippen molar-refractivity contribution in [2.75, 3.05) is 17.2 Å². The number of rotatable bonds is 4. The molecule has 2 N–H and O–H groups in total. The van der Waals surface area contributed by atoms with E-state index >= 15 is 0 Å². The number of nitrogens with zero attached hydrogens (tertiary/aromatic N) is 2. The average molecular weight is 467 g/mol. The zero-order chi connectivity index (χ0) is 22.7. The van der Waals surface area contributed by atoms with Gasteiger partial charge in [0.25, 0.3) is 0 Å².